The maximum Gasteiger partial charge on any atom is 0.335 e. The minimum atomic E-state index is -1.05. The number of carboxylic acids is 1. The van der Waals surface area contributed by atoms with Gasteiger partial charge in [-0.15, -0.1) is 0 Å². The van der Waals surface area contributed by atoms with E-state index >= 15 is 0 Å². The third-order valence-corrected chi connectivity index (χ3v) is 2.21. The van der Waals surface area contributed by atoms with E-state index in [2.05, 4.69) is 15.3 Å². The summed E-state index contributed by atoms with van der Waals surface area (Å²) in [6.07, 6.45) is 2.13. The quantitative estimate of drug-likeness (QED) is 0.635. The largest absolute Gasteiger partial charge is 0.478 e. The van der Waals surface area contributed by atoms with Crippen molar-refractivity contribution in [1.82, 2.24) is 9.97 Å². The highest BCUT2D eigenvalue weighted by Crippen LogP contribution is 2.16. The normalized spacial score (nSPS) is 9.89. The van der Waals surface area contributed by atoms with Gasteiger partial charge in [0.1, 0.15) is 12.4 Å². The summed E-state index contributed by atoms with van der Waals surface area (Å²) in [6.45, 7) is 0. The molecule has 0 aliphatic carbocycles. The molecular weight excluding hydrogens is 252 g/mol. The van der Waals surface area contributed by atoms with Crippen LogP contribution < -0.4 is 5.32 Å². The second-order valence-corrected chi connectivity index (χ2v) is 3.53. The summed E-state index contributed by atoms with van der Waals surface area (Å²) in [5.41, 5.74) is 0.380. The summed E-state index contributed by atoms with van der Waals surface area (Å²) in [5.74, 6) is -0.901. The van der Waals surface area contributed by atoms with Gasteiger partial charge >= 0.3 is 11.7 Å². The number of aromatic nitrogens is 2. The molecule has 96 valence electrons. The summed E-state index contributed by atoms with van der Waals surface area (Å²) < 4.78 is 0. The van der Waals surface area contributed by atoms with Crippen LogP contribution >= 0.6 is 0 Å². The first-order valence-corrected chi connectivity index (χ1v) is 5.13. The van der Waals surface area contributed by atoms with E-state index in [1.807, 2.05) is 0 Å². The molecule has 1 aromatic heterocycles. The SMILES string of the molecule is O=C(O)c1cccc(Nc2ncc([N+](=O)[O-])cn2)c1. The second kappa shape index (κ2) is 5.08. The minimum absolute atomic E-state index is 0.118. The van der Waals surface area contributed by atoms with E-state index in [1.54, 1.807) is 12.1 Å². The second-order valence-electron chi connectivity index (χ2n) is 3.53. The van der Waals surface area contributed by atoms with Crippen molar-refractivity contribution in [2.24, 2.45) is 0 Å². The zero-order chi connectivity index (χ0) is 13.8. The average Bonchev–Trinajstić information content (AvgIpc) is 2.39. The highest BCUT2D eigenvalue weighted by Gasteiger charge is 2.07. The summed E-state index contributed by atoms with van der Waals surface area (Å²) in [7, 11) is 0. The van der Waals surface area contributed by atoms with Gasteiger partial charge < -0.3 is 10.4 Å². The number of nitro groups is 1. The Kier molecular flexibility index (Phi) is 3.33. The van der Waals surface area contributed by atoms with Gasteiger partial charge in [-0.1, -0.05) is 6.07 Å². The lowest BCUT2D eigenvalue weighted by atomic mass is 10.2. The average molecular weight is 260 g/mol. The van der Waals surface area contributed by atoms with Crippen molar-refractivity contribution in [2.45, 2.75) is 0 Å². The third-order valence-electron chi connectivity index (χ3n) is 2.21. The standard InChI is InChI=1S/C11H8N4O4/c16-10(17)7-2-1-3-8(4-7)14-11-12-5-9(6-13-11)15(18)19/h1-6H,(H,16,17)(H,12,13,14). The van der Waals surface area contributed by atoms with E-state index < -0.39 is 10.9 Å². The van der Waals surface area contributed by atoms with Crippen molar-refractivity contribution in [3.63, 3.8) is 0 Å². The number of carbonyl (C=O) groups is 1. The first-order chi connectivity index (χ1) is 9.06. The number of carboxylic acid groups (broad SMARTS) is 1. The van der Waals surface area contributed by atoms with E-state index in [-0.39, 0.29) is 17.2 Å². The smallest absolute Gasteiger partial charge is 0.335 e. The van der Waals surface area contributed by atoms with Gasteiger partial charge in [-0.3, -0.25) is 10.1 Å². The number of rotatable bonds is 4. The maximum atomic E-state index is 10.8. The number of nitrogens with one attached hydrogen (secondary N) is 1. The van der Waals surface area contributed by atoms with Crippen LogP contribution in [0, 0.1) is 10.1 Å². The molecule has 0 saturated carbocycles. The third kappa shape index (κ3) is 3.00. The minimum Gasteiger partial charge on any atom is -0.478 e. The molecule has 0 aliphatic rings. The van der Waals surface area contributed by atoms with Gasteiger partial charge in [-0.05, 0) is 18.2 Å². The van der Waals surface area contributed by atoms with E-state index in [9.17, 15) is 14.9 Å². The molecule has 8 nitrogen and oxygen atoms in total. The number of nitrogens with zero attached hydrogens (tertiary/aromatic N) is 3. The van der Waals surface area contributed by atoms with Crippen LogP contribution in [0.5, 0.6) is 0 Å². The van der Waals surface area contributed by atoms with Crippen molar-refractivity contribution in [2.75, 3.05) is 5.32 Å². The van der Waals surface area contributed by atoms with Crippen LogP contribution in [-0.2, 0) is 0 Å². The summed E-state index contributed by atoms with van der Waals surface area (Å²) >= 11 is 0. The predicted molar refractivity (Wildman–Crippen MR) is 65.4 cm³/mol. The Morgan fingerprint density at radius 2 is 2.00 bits per heavy atom. The summed E-state index contributed by atoms with van der Waals surface area (Å²) in [5, 5.41) is 22.0. The zero-order valence-corrected chi connectivity index (χ0v) is 9.48. The van der Waals surface area contributed by atoms with Gasteiger partial charge in [0.25, 0.3) is 0 Å². The molecule has 0 bridgehead atoms. The van der Waals surface area contributed by atoms with Crippen LogP contribution in [0.1, 0.15) is 10.4 Å². The Hall–Kier alpha value is -3.03. The fraction of sp³-hybridized carbons (Fsp3) is 0. The highest BCUT2D eigenvalue weighted by molar-refractivity contribution is 5.88. The molecule has 0 amide bonds. The Labute approximate surface area is 106 Å². The molecule has 2 N–H and O–H groups in total. The molecule has 8 heteroatoms. The molecule has 0 atom stereocenters. The van der Waals surface area contributed by atoms with Crippen LogP contribution in [-0.4, -0.2) is 26.0 Å². The molecule has 0 unspecified atom stereocenters. The van der Waals surface area contributed by atoms with Crippen LogP contribution in [0.25, 0.3) is 0 Å². The van der Waals surface area contributed by atoms with Crippen LogP contribution in [0.4, 0.5) is 17.3 Å². The fourth-order valence-electron chi connectivity index (χ4n) is 1.34. The van der Waals surface area contributed by atoms with Gasteiger partial charge in [-0.25, -0.2) is 14.8 Å². The molecule has 19 heavy (non-hydrogen) atoms. The first kappa shape index (κ1) is 12.4. The molecular formula is C11H8N4O4. The van der Waals surface area contributed by atoms with Crippen molar-refractivity contribution in [3.05, 3.63) is 52.3 Å². The van der Waals surface area contributed by atoms with Gasteiger partial charge in [0.05, 0.1) is 10.5 Å². The van der Waals surface area contributed by atoms with Crippen LogP contribution in [0.2, 0.25) is 0 Å². The van der Waals surface area contributed by atoms with Crippen molar-refractivity contribution < 1.29 is 14.8 Å². The lowest BCUT2D eigenvalue weighted by Crippen LogP contribution is -2.00. The van der Waals surface area contributed by atoms with Crippen molar-refractivity contribution >= 4 is 23.3 Å². The number of hydrogen-bond donors (Lipinski definition) is 2. The van der Waals surface area contributed by atoms with Gasteiger partial charge in [-0.2, -0.15) is 0 Å². The van der Waals surface area contributed by atoms with Crippen LogP contribution in [0.15, 0.2) is 36.7 Å². The summed E-state index contributed by atoms with van der Waals surface area (Å²) in [4.78, 5) is 28.1. The molecule has 1 aromatic carbocycles. The van der Waals surface area contributed by atoms with E-state index in [0.29, 0.717) is 5.69 Å². The lowest BCUT2D eigenvalue weighted by molar-refractivity contribution is -0.385. The molecule has 0 aliphatic heterocycles. The van der Waals surface area contributed by atoms with Crippen molar-refractivity contribution in [3.8, 4) is 0 Å². The molecule has 0 radical (unpaired) electrons. The molecule has 0 fully saturated rings. The zero-order valence-electron chi connectivity index (χ0n) is 9.48. The van der Waals surface area contributed by atoms with E-state index in [0.717, 1.165) is 12.4 Å². The molecule has 0 spiro atoms. The molecule has 0 saturated heterocycles. The summed E-state index contributed by atoms with van der Waals surface area (Å²) in [6, 6.07) is 6.06. The van der Waals surface area contributed by atoms with Crippen LogP contribution in [0.3, 0.4) is 0 Å². The molecule has 1 heterocycles. The monoisotopic (exact) mass is 260 g/mol. The topological polar surface area (TPSA) is 118 Å². The number of aromatic carboxylic acids is 1. The number of hydrogen-bond acceptors (Lipinski definition) is 6. The number of benzene rings is 1. The van der Waals surface area contributed by atoms with Gasteiger partial charge in [0, 0.05) is 5.69 Å². The Morgan fingerprint density at radius 3 is 2.58 bits per heavy atom. The fourth-order valence-corrected chi connectivity index (χ4v) is 1.34. The lowest BCUT2D eigenvalue weighted by Gasteiger charge is -2.04. The first-order valence-electron chi connectivity index (χ1n) is 5.13. The number of anilines is 2. The maximum absolute atomic E-state index is 10.8. The Bertz CT molecular complexity index is 627. The van der Waals surface area contributed by atoms with E-state index in [1.165, 1.54) is 12.1 Å². The predicted octanol–water partition coefficient (Wildman–Crippen LogP) is 1.83. The van der Waals surface area contributed by atoms with E-state index in [4.69, 9.17) is 5.11 Å². The highest BCUT2D eigenvalue weighted by atomic mass is 16.6. The Morgan fingerprint density at radius 1 is 1.32 bits per heavy atom. The molecule has 2 rings (SSSR count). The van der Waals surface area contributed by atoms with Gasteiger partial charge in [0.2, 0.25) is 5.95 Å². The van der Waals surface area contributed by atoms with Crippen molar-refractivity contribution in [1.29, 1.82) is 0 Å². The molecule has 2 aromatic rings. The van der Waals surface area contributed by atoms with Gasteiger partial charge in [0.15, 0.2) is 0 Å². The Balaban J connectivity index is 2.19.